The molecular weight excluding hydrogens is 298 g/mol. The van der Waals surface area contributed by atoms with Crippen LogP contribution in [-0.4, -0.2) is 25.8 Å². The Labute approximate surface area is 133 Å². The standard InChI is InChI=1S/C16H19N3O2S/c17-13-4-3-12(15-2-1-7-22-15)8-14(13)19-16(20)21-6-5-11-9-18-10-11/h1-4,7-8,11,18H,5-6,9-10,17H2,(H,19,20). The molecule has 22 heavy (non-hydrogen) atoms. The molecule has 0 unspecified atom stereocenters. The molecule has 0 bridgehead atoms. The summed E-state index contributed by atoms with van der Waals surface area (Å²) in [7, 11) is 0. The molecule has 1 aromatic carbocycles. The molecule has 0 radical (unpaired) electrons. The predicted molar refractivity (Wildman–Crippen MR) is 90.1 cm³/mol. The average Bonchev–Trinajstić information content (AvgIpc) is 2.98. The molecule has 4 N–H and O–H groups in total. The highest BCUT2D eigenvalue weighted by molar-refractivity contribution is 7.13. The average molecular weight is 317 g/mol. The van der Waals surface area contributed by atoms with Crippen LogP contribution in [0, 0.1) is 5.92 Å². The first-order valence-corrected chi connectivity index (χ1v) is 8.18. The van der Waals surface area contributed by atoms with E-state index in [-0.39, 0.29) is 0 Å². The second-order valence-electron chi connectivity index (χ2n) is 5.35. The van der Waals surface area contributed by atoms with Gasteiger partial charge in [0.2, 0.25) is 0 Å². The molecule has 1 aromatic heterocycles. The van der Waals surface area contributed by atoms with Crippen LogP contribution in [0.3, 0.4) is 0 Å². The van der Waals surface area contributed by atoms with Gasteiger partial charge in [-0.3, -0.25) is 5.32 Å². The van der Waals surface area contributed by atoms with E-state index in [1.165, 1.54) is 0 Å². The van der Waals surface area contributed by atoms with Gasteiger partial charge in [0.15, 0.2) is 0 Å². The number of hydrogen-bond donors (Lipinski definition) is 3. The number of carbonyl (C=O) groups excluding carboxylic acids is 1. The van der Waals surface area contributed by atoms with Crippen molar-refractivity contribution in [3.8, 4) is 10.4 Å². The van der Waals surface area contributed by atoms with Gasteiger partial charge in [-0.2, -0.15) is 0 Å². The Morgan fingerprint density at radius 3 is 2.95 bits per heavy atom. The first-order valence-electron chi connectivity index (χ1n) is 7.30. The summed E-state index contributed by atoms with van der Waals surface area (Å²) in [5.74, 6) is 0.625. The van der Waals surface area contributed by atoms with Crippen molar-refractivity contribution in [3.05, 3.63) is 35.7 Å². The summed E-state index contributed by atoms with van der Waals surface area (Å²) in [5.41, 5.74) is 8.06. The minimum atomic E-state index is -0.456. The Kier molecular flexibility index (Phi) is 4.60. The molecule has 116 valence electrons. The van der Waals surface area contributed by atoms with Crippen LogP contribution in [0.15, 0.2) is 35.7 Å². The van der Waals surface area contributed by atoms with Crippen LogP contribution < -0.4 is 16.4 Å². The quantitative estimate of drug-likeness (QED) is 0.740. The third-order valence-corrected chi connectivity index (χ3v) is 4.64. The molecule has 2 heterocycles. The van der Waals surface area contributed by atoms with E-state index < -0.39 is 6.09 Å². The number of nitrogens with two attached hydrogens (primary N) is 1. The number of nitrogens with one attached hydrogen (secondary N) is 2. The first-order chi connectivity index (χ1) is 10.7. The molecule has 0 saturated carbocycles. The molecule has 1 amide bonds. The number of rotatable bonds is 5. The number of hydrogen-bond acceptors (Lipinski definition) is 5. The summed E-state index contributed by atoms with van der Waals surface area (Å²) >= 11 is 1.64. The Morgan fingerprint density at radius 1 is 1.41 bits per heavy atom. The summed E-state index contributed by atoms with van der Waals surface area (Å²) < 4.78 is 5.21. The highest BCUT2D eigenvalue weighted by Crippen LogP contribution is 2.30. The van der Waals surface area contributed by atoms with E-state index in [2.05, 4.69) is 10.6 Å². The van der Waals surface area contributed by atoms with Crippen molar-refractivity contribution < 1.29 is 9.53 Å². The Balaban J connectivity index is 1.58. The lowest BCUT2D eigenvalue weighted by molar-refractivity contribution is 0.146. The Hall–Kier alpha value is -2.05. The van der Waals surface area contributed by atoms with Crippen molar-refractivity contribution >= 4 is 28.8 Å². The number of ether oxygens (including phenoxy) is 1. The lowest BCUT2D eigenvalue weighted by Gasteiger charge is -2.26. The van der Waals surface area contributed by atoms with Crippen LogP contribution in [0.25, 0.3) is 10.4 Å². The van der Waals surface area contributed by atoms with E-state index in [1.54, 1.807) is 17.4 Å². The lowest BCUT2D eigenvalue weighted by Crippen LogP contribution is -2.42. The van der Waals surface area contributed by atoms with Crippen LogP contribution >= 0.6 is 11.3 Å². The van der Waals surface area contributed by atoms with Crippen molar-refractivity contribution in [1.82, 2.24) is 5.32 Å². The Morgan fingerprint density at radius 2 is 2.27 bits per heavy atom. The molecule has 0 spiro atoms. The van der Waals surface area contributed by atoms with Crippen molar-refractivity contribution in [2.24, 2.45) is 5.92 Å². The topological polar surface area (TPSA) is 76.4 Å². The number of thiophene rings is 1. The van der Waals surface area contributed by atoms with E-state index in [4.69, 9.17) is 10.5 Å². The summed E-state index contributed by atoms with van der Waals surface area (Å²) in [4.78, 5) is 13.0. The van der Waals surface area contributed by atoms with E-state index >= 15 is 0 Å². The molecule has 0 aliphatic carbocycles. The fraction of sp³-hybridized carbons (Fsp3) is 0.312. The lowest BCUT2D eigenvalue weighted by atomic mass is 10.0. The van der Waals surface area contributed by atoms with E-state index in [1.807, 2.05) is 29.6 Å². The van der Waals surface area contributed by atoms with E-state index in [0.717, 1.165) is 30.0 Å². The van der Waals surface area contributed by atoms with E-state index in [9.17, 15) is 4.79 Å². The minimum Gasteiger partial charge on any atom is -0.449 e. The van der Waals surface area contributed by atoms with Gasteiger partial charge in [0.05, 0.1) is 18.0 Å². The van der Waals surface area contributed by atoms with Crippen molar-refractivity contribution in [2.45, 2.75) is 6.42 Å². The highest BCUT2D eigenvalue weighted by atomic mass is 32.1. The largest absolute Gasteiger partial charge is 0.449 e. The zero-order valence-electron chi connectivity index (χ0n) is 12.2. The molecule has 1 aliphatic rings. The zero-order valence-corrected chi connectivity index (χ0v) is 13.0. The fourth-order valence-electron chi connectivity index (χ4n) is 2.28. The number of benzene rings is 1. The van der Waals surface area contributed by atoms with Crippen LogP contribution in [0.5, 0.6) is 0 Å². The highest BCUT2D eigenvalue weighted by Gasteiger charge is 2.17. The van der Waals surface area contributed by atoms with Gasteiger partial charge in [-0.1, -0.05) is 12.1 Å². The monoisotopic (exact) mass is 317 g/mol. The van der Waals surface area contributed by atoms with Gasteiger partial charge in [0, 0.05) is 4.88 Å². The van der Waals surface area contributed by atoms with Gasteiger partial charge >= 0.3 is 6.09 Å². The smallest absolute Gasteiger partial charge is 0.411 e. The third-order valence-electron chi connectivity index (χ3n) is 3.72. The Bertz CT molecular complexity index is 639. The van der Waals surface area contributed by atoms with Gasteiger partial charge in [-0.05, 0) is 54.6 Å². The van der Waals surface area contributed by atoms with Gasteiger partial charge in [0.25, 0.3) is 0 Å². The molecule has 1 saturated heterocycles. The molecule has 5 nitrogen and oxygen atoms in total. The maximum Gasteiger partial charge on any atom is 0.411 e. The zero-order chi connectivity index (χ0) is 15.4. The molecule has 6 heteroatoms. The van der Waals surface area contributed by atoms with E-state index in [0.29, 0.717) is 23.9 Å². The molecular formula is C16H19N3O2S. The normalized spacial score (nSPS) is 14.4. The van der Waals surface area contributed by atoms with Crippen LogP contribution in [0.2, 0.25) is 0 Å². The maximum atomic E-state index is 11.8. The number of amides is 1. The number of nitrogen functional groups attached to an aromatic ring is 1. The van der Waals surface area contributed by atoms with Gasteiger partial charge in [-0.15, -0.1) is 11.3 Å². The minimum absolute atomic E-state index is 0.433. The van der Waals surface area contributed by atoms with Gasteiger partial charge < -0.3 is 15.8 Å². The molecule has 0 atom stereocenters. The van der Waals surface area contributed by atoms with Crippen molar-refractivity contribution in [1.29, 1.82) is 0 Å². The summed E-state index contributed by atoms with van der Waals surface area (Å²) in [6, 6.07) is 9.64. The molecule has 1 fully saturated rings. The van der Waals surface area contributed by atoms with Gasteiger partial charge in [0.1, 0.15) is 0 Å². The van der Waals surface area contributed by atoms with Crippen LogP contribution in [-0.2, 0) is 4.74 Å². The fourth-order valence-corrected chi connectivity index (χ4v) is 3.00. The van der Waals surface area contributed by atoms with Crippen LogP contribution in [0.4, 0.5) is 16.2 Å². The maximum absolute atomic E-state index is 11.8. The van der Waals surface area contributed by atoms with Crippen molar-refractivity contribution in [3.63, 3.8) is 0 Å². The first kappa shape index (κ1) is 14.9. The number of carbonyl (C=O) groups is 1. The predicted octanol–water partition coefficient (Wildman–Crippen LogP) is 3.16. The van der Waals surface area contributed by atoms with Crippen LogP contribution in [0.1, 0.15) is 6.42 Å². The molecule has 2 aromatic rings. The summed E-state index contributed by atoms with van der Waals surface area (Å²) in [6.07, 6.45) is 0.438. The molecule has 1 aliphatic heterocycles. The second-order valence-corrected chi connectivity index (χ2v) is 6.30. The SMILES string of the molecule is Nc1ccc(-c2cccs2)cc1NC(=O)OCCC1CNC1. The van der Waals surface area contributed by atoms with Crippen molar-refractivity contribution in [2.75, 3.05) is 30.7 Å². The second kappa shape index (κ2) is 6.81. The summed E-state index contributed by atoms with van der Waals surface area (Å²) in [6.45, 7) is 2.46. The van der Waals surface area contributed by atoms with Gasteiger partial charge in [-0.25, -0.2) is 4.79 Å². The summed E-state index contributed by atoms with van der Waals surface area (Å²) in [5, 5.41) is 7.94. The number of anilines is 2. The third kappa shape index (κ3) is 3.58. The molecule has 3 rings (SSSR count).